The standard InChI is InChI=1S/C20H22Cl2N2O/c1-14-5-2-3-6-15(14)12-24-10-4-7-16(13-24)20(25)23-17-8-9-18(21)19(22)11-17/h2-3,5-6,8-9,11,16H,4,7,10,12-13H2,1H3,(H,23,25). The Balaban J connectivity index is 1.61. The molecule has 2 aromatic carbocycles. The van der Waals surface area contributed by atoms with Crippen LogP contribution in [0.15, 0.2) is 42.5 Å². The molecule has 0 aliphatic carbocycles. The Kier molecular flexibility index (Phi) is 6.00. The van der Waals surface area contributed by atoms with Crippen LogP contribution in [-0.2, 0) is 11.3 Å². The number of carbonyl (C=O) groups excluding carboxylic acids is 1. The van der Waals surface area contributed by atoms with Gasteiger partial charge in [-0.05, 0) is 55.6 Å². The fourth-order valence-electron chi connectivity index (χ4n) is 3.26. The first kappa shape index (κ1) is 18.2. The number of aryl methyl sites for hydroxylation is 1. The van der Waals surface area contributed by atoms with E-state index in [0.717, 1.165) is 32.5 Å². The Labute approximate surface area is 158 Å². The lowest BCUT2D eigenvalue weighted by molar-refractivity contribution is -0.121. The van der Waals surface area contributed by atoms with Crippen LogP contribution < -0.4 is 5.32 Å². The van der Waals surface area contributed by atoms with Crippen LogP contribution in [0.2, 0.25) is 10.0 Å². The molecule has 1 amide bonds. The molecule has 132 valence electrons. The molecule has 25 heavy (non-hydrogen) atoms. The SMILES string of the molecule is Cc1ccccc1CN1CCCC(C(=O)Nc2ccc(Cl)c(Cl)c2)C1. The van der Waals surface area contributed by atoms with Crippen LogP contribution in [0.1, 0.15) is 24.0 Å². The van der Waals surface area contributed by atoms with Crippen LogP contribution in [0.5, 0.6) is 0 Å². The molecule has 1 atom stereocenters. The number of anilines is 1. The molecular weight excluding hydrogens is 355 g/mol. The smallest absolute Gasteiger partial charge is 0.228 e. The van der Waals surface area contributed by atoms with Crippen LogP contribution in [0.4, 0.5) is 5.69 Å². The summed E-state index contributed by atoms with van der Waals surface area (Å²) in [6.07, 6.45) is 1.95. The predicted octanol–water partition coefficient (Wildman–Crippen LogP) is 5.15. The van der Waals surface area contributed by atoms with Gasteiger partial charge < -0.3 is 5.32 Å². The highest BCUT2D eigenvalue weighted by Gasteiger charge is 2.26. The minimum Gasteiger partial charge on any atom is -0.326 e. The summed E-state index contributed by atoms with van der Waals surface area (Å²) in [5.41, 5.74) is 3.31. The minimum atomic E-state index is -0.00720. The number of carbonyl (C=O) groups is 1. The molecule has 2 aromatic rings. The van der Waals surface area contributed by atoms with E-state index in [9.17, 15) is 4.79 Å². The van der Waals surface area contributed by atoms with Crippen molar-refractivity contribution in [2.75, 3.05) is 18.4 Å². The number of benzene rings is 2. The maximum atomic E-state index is 12.6. The van der Waals surface area contributed by atoms with Crippen LogP contribution >= 0.6 is 23.2 Å². The van der Waals surface area contributed by atoms with Gasteiger partial charge in [0.25, 0.3) is 0 Å². The van der Waals surface area contributed by atoms with Gasteiger partial charge in [-0.3, -0.25) is 9.69 Å². The lowest BCUT2D eigenvalue weighted by Gasteiger charge is -2.32. The van der Waals surface area contributed by atoms with Gasteiger partial charge in [0, 0.05) is 18.8 Å². The molecule has 1 unspecified atom stereocenters. The zero-order valence-electron chi connectivity index (χ0n) is 14.3. The zero-order valence-corrected chi connectivity index (χ0v) is 15.8. The number of hydrogen-bond acceptors (Lipinski definition) is 2. The zero-order chi connectivity index (χ0) is 17.8. The van der Waals surface area contributed by atoms with Crippen molar-refractivity contribution in [3.63, 3.8) is 0 Å². The normalized spacial score (nSPS) is 18.1. The Morgan fingerprint density at radius 3 is 2.76 bits per heavy atom. The molecule has 1 saturated heterocycles. The second kappa shape index (κ2) is 8.22. The Morgan fingerprint density at radius 2 is 2.00 bits per heavy atom. The predicted molar refractivity (Wildman–Crippen MR) is 104 cm³/mol. The van der Waals surface area contributed by atoms with Crippen molar-refractivity contribution in [1.82, 2.24) is 4.90 Å². The van der Waals surface area contributed by atoms with Gasteiger partial charge in [-0.2, -0.15) is 0 Å². The molecule has 0 saturated carbocycles. The molecule has 1 aliphatic heterocycles. The van der Waals surface area contributed by atoms with Crippen LogP contribution in [0.3, 0.4) is 0 Å². The molecule has 3 rings (SSSR count). The number of halogens is 2. The molecule has 0 bridgehead atoms. The fourth-order valence-corrected chi connectivity index (χ4v) is 3.56. The molecule has 5 heteroatoms. The minimum absolute atomic E-state index is 0.00720. The summed E-state index contributed by atoms with van der Waals surface area (Å²) in [5.74, 6) is 0.0418. The second-order valence-corrected chi connectivity index (χ2v) is 7.43. The monoisotopic (exact) mass is 376 g/mol. The van der Waals surface area contributed by atoms with Crippen molar-refractivity contribution in [3.05, 3.63) is 63.6 Å². The number of nitrogens with one attached hydrogen (secondary N) is 1. The Bertz CT molecular complexity index is 763. The van der Waals surface area contributed by atoms with Gasteiger partial charge in [0.1, 0.15) is 0 Å². The third-order valence-corrected chi connectivity index (χ3v) is 5.46. The maximum Gasteiger partial charge on any atom is 0.228 e. The van der Waals surface area contributed by atoms with E-state index < -0.39 is 0 Å². The first-order chi connectivity index (χ1) is 12.0. The van der Waals surface area contributed by atoms with Crippen molar-refractivity contribution in [2.45, 2.75) is 26.3 Å². The molecule has 1 aliphatic rings. The van der Waals surface area contributed by atoms with Crippen molar-refractivity contribution in [1.29, 1.82) is 0 Å². The number of rotatable bonds is 4. The molecule has 0 radical (unpaired) electrons. The van der Waals surface area contributed by atoms with E-state index >= 15 is 0 Å². The maximum absolute atomic E-state index is 12.6. The average Bonchev–Trinajstić information content (AvgIpc) is 2.60. The Hall–Kier alpha value is -1.55. The molecule has 3 nitrogen and oxygen atoms in total. The highest BCUT2D eigenvalue weighted by molar-refractivity contribution is 6.42. The Morgan fingerprint density at radius 1 is 1.20 bits per heavy atom. The van der Waals surface area contributed by atoms with Crippen molar-refractivity contribution in [3.8, 4) is 0 Å². The largest absolute Gasteiger partial charge is 0.326 e. The van der Waals surface area contributed by atoms with Gasteiger partial charge in [-0.1, -0.05) is 47.5 Å². The van der Waals surface area contributed by atoms with Crippen molar-refractivity contribution < 1.29 is 4.79 Å². The van der Waals surface area contributed by atoms with Gasteiger partial charge in [-0.15, -0.1) is 0 Å². The van der Waals surface area contributed by atoms with Crippen LogP contribution in [0, 0.1) is 12.8 Å². The first-order valence-electron chi connectivity index (χ1n) is 8.55. The number of piperidine rings is 1. The number of hydrogen-bond donors (Lipinski definition) is 1. The van der Waals surface area contributed by atoms with E-state index in [0.29, 0.717) is 15.7 Å². The number of nitrogens with zero attached hydrogens (tertiary/aromatic N) is 1. The van der Waals surface area contributed by atoms with Gasteiger partial charge in [0.15, 0.2) is 0 Å². The van der Waals surface area contributed by atoms with Gasteiger partial charge in [-0.25, -0.2) is 0 Å². The summed E-state index contributed by atoms with van der Waals surface area (Å²) in [4.78, 5) is 15.0. The summed E-state index contributed by atoms with van der Waals surface area (Å²) in [6, 6.07) is 13.6. The number of likely N-dealkylation sites (tertiary alicyclic amines) is 1. The summed E-state index contributed by atoms with van der Waals surface area (Å²) < 4.78 is 0. The third-order valence-electron chi connectivity index (χ3n) is 4.72. The van der Waals surface area contributed by atoms with E-state index in [1.165, 1.54) is 11.1 Å². The lowest BCUT2D eigenvalue weighted by atomic mass is 9.96. The van der Waals surface area contributed by atoms with E-state index in [-0.39, 0.29) is 11.8 Å². The van der Waals surface area contributed by atoms with Crippen molar-refractivity contribution >= 4 is 34.8 Å². The molecular formula is C20H22Cl2N2O. The van der Waals surface area contributed by atoms with E-state index in [1.54, 1.807) is 18.2 Å². The van der Waals surface area contributed by atoms with Gasteiger partial charge in [0.2, 0.25) is 5.91 Å². The molecule has 1 N–H and O–H groups in total. The van der Waals surface area contributed by atoms with Crippen molar-refractivity contribution in [2.24, 2.45) is 5.92 Å². The highest BCUT2D eigenvalue weighted by atomic mass is 35.5. The second-order valence-electron chi connectivity index (χ2n) is 6.62. The van der Waals surface area contributed by atoms with Crippen LogP contribution in [-0.4, -0.2) is 23.9 Å². The summed E-state index contributed by atoms with van der Waals surface area (Å²) in [5, 5.41) is 3.90. The summed E-state index contributed by atoms with van der Waals surface area (Å²) >= 11 is 11.9. The molecule has 0 spiro atoms. The van der Waals surface area contributed by atoms with E-state index in [2.05, 4.69) is 41.4 Å². The fraction of sp³-hybridized carbons (Fsp3) is 0.350. The number of amides is 1. The summed E-state index contributed by atoms with van der Waals surface area (Å²) in [6.45, 7) is 4.84. The summed E-state index contributed by atoms with van der Waals surface area (Å²) in [7, 11) is 0. The van der Waals surface area contributed by atoms with Crippen LogP contribution in [0.25, 0.3) is 0 Å². The van der Waals surface area contributed by atoms with Gasteiger partial charge >= 0.3 is 0 Å². The third kappa shape index (κ3) is 4.75. The lowest BCUT2D eigenvalue weighted by Crippen LogP contribution is -2.40. The van der Waals surface area contributed by atoms with E-state index in [1.807, 2.05) is 0 Å². The first-order valence-corrected chi connectivity index (χ1v) is 9.31. The highest BCUT2D eigenvalue weighted by Crippen LogP contribution is 2.26. The topological polar surface area (TPSA) is 32.3 Å². The van der Waals surface area contributed by atoms with Gasteiger partial charge in [0.05, 0.1) is 16.0 Å². The average molecular weight is 377 g/mol. The van der Waals surface area contributed by atoms with E-state index in [4.69, 9.17) is 23.2 Å². The molecule has 0 aromatic heterocycles. The molecule has 1 fully saturated rings. The molecule has 1 heterocycles. The quantitative estimate of drug-likeness (QED) is 0.799.